The second kappa shape index (κ2) is 6.89. The van der Waals surface area contributed by atoms with Gasteiger partial charge in [-0.3, -0.25) is 4.79 Å². The molecular formula is C16H19NO3. The average molecular weight is 273 g/mol. The van der Waals surface area contributed by atoms with Crippen molar-refractivity contribution in [2.45, 2.75) is 33.1 Å². The number of ether oxygens (including phenoxy) is 1. The van der Waals surface area contributed by atoms with Crippen LogP contribution in [0.3, 0.4) is 0 Å². The van der Waals surface area contributed by atoms with E-state index in [-0.39, 0.29) is 12.4 Å². The first-order valence-corrected chi connectivity index (χ1v) is 6.94. The molecular weight excluding hydrogens is 254 g/mol. The number of hydrogen-bond donors (Lipinski definition) is 0. The predicted molar refractivity (Wildman–Crippen MR) is 76.3 cm³/mol. The van der Waals surface area contributed by atoms with Gasteiger partial charge in [-0.25, -0.2) is 4.98 Å². The summed E-state index contributed by atoms with van der Waals surface area (Å²) >= 11 is 0. The summed E-state index contributed by atoms with van der Waals surface area (Å²) in [4.78, 5) is 16.1. The summed E-state index contributed by atoms with van der Waals surface area (Å²) in [6.45, 7) is 4.24. The van der Waals surface area contributed by atoms with Crippen molar-refractivity contribution in [2.24, 2.45) is 0 Å². The number of aryl methyl sites for hydroxylation is 1. The van der Waals surface area contributed by atoms with Gasteiger partial charge in [-0.05, 0) is 25.5 Å². The molecule has 0 atom stereocenters. The maximum Gasteiger partial charge on any atom is 0.311 e. The molecule has 0 N–H and O–H groups in total. The van der Waals surface area contributed by atoms with E-state index in [4.69, 9.17) is 9.15 Å². The summed E-state index contributed by atoms with van der Waals surface area (Å²) in [5.41, 5.74) is 1.60. The van der Waals surface area contributed by atoms with Crippen LogP contribution in [0.15, 0.2) is 34.7 Å². The quantitative estimate of drug-likeness (QED) is 0.757. The summed E-state index contributed by atoms with van der Waals surface area (Å²) in [7, 11) is 0. The average Bonchev–Trinajstić information content (AvgIpc) is 2.84. The van der Waals surface area contributed by atoms with Crippen molar-refractivity contribution in [1.29, 1.82) is 0 Å². The first-order chi connectivity index (χ1) is 9.74. The Balaban J connectivity index is 2.26. The summed E-state index contributed by atoms with van der Waals surface area (Å²) in [6, 6.07) is 9.69. The van der Waals surface area contributed by atoms with Crippen LogP contribution in [-0.2, 0) is 22.4 Å². The van der Waals surface area contributed by atoms with Crippen LogP contribution in [-0.4, -0.2) is 17.6 Å². The Bertz CT molecular complexity index is 560. The third-order valence-electron chi connectivity index (χ3n) is 2.89. The molecule has 1 aromatic carbocycles. The molecule has 2 aromatic rings. The lowest BCUT2D eigenvalue weighted by atomic mass is 10.2. The molecule has 0 radical (unpaired) electrons. The molecule has 0 bridgehead atoms. The smallest absolute Gasteiger partial charge is 0.311 e. The Morgan fingerprint density at radius 3 is 2.65 bits per heavy atom. The van der Waals surface area contributed by atoms with Gasteiger partial charge in [0.2, 0.25) is 5.89 Å². The van der Waals surface area contributed by atoms with E-state index >= 15 is 0 Å². The highest BCUT2D eigenvalue weighted by Gasteiger charge is 2.17. The van der Waals surface area contributed by atoms with Crippen LogP contribution in [0.4, 0.5) is 0 Å². The van der Waals surface area contributed by atoms with Crippen molar-refractivity contribution in [3.63, 3.8) is 0 Å². The van der Waals surface area contributed by atoms with E-state index < -0.39 is 0 Å². The third-order valence-corrected chi connectivity index (χ3v) is 2.89. The summed E-state index contributed by atoms with van der Waals surface area (Å²) in [5.74, 6) is 1.07. The van der Waals surface area contributed by atoms with Crippen LogP contribution >= 0.6 is 0 Å². The predicted octanol–water partition coefficient (Wildman–Crippen LogP) is 3.40. The van der Waals surface area contributed by atoms with Crippen molar-refractivity contribution >= 4 is 5.97 Å². The Morgan fingerprint density at radius 2 is 2.00 bits per heavy atom. The van der Waals surface area contributed by atoms with E-state index in [1.165, 1.54) is 0 Å². The molecule has 0 aliphatic rings. The molecule has 0 fully saturated rings. The molecule has 0 amide bonds. The SMILES string of the molecule is CCCc1oc(-c2ccccc2)nc1CC(=O)OCC. The minimum Gasteiger partial charge on any atom is -0.466 e. The second-order valence-corrected chi connectivity index (χ2v) is 4.49. The van der Waals surface area contributed by atoms with E-state index in [0.717, 1.165) is 24.2 Å². The fourth-order valence-electron chi connectivity index (χ4n) is 2.00. The number of esters is 1. The van der Waals surface area contributed by atoms with Gasteiger partial charge in [-0.15, -0.1) is 0 Å². The molecule has 0 saturated carbocycles. The minimum absolute atomic E-state index is 0.166. The molecule has 4 nitrogen and oxygen atoms in total. The zero-order chi connectivity index (χ0) is 14.4. The molecule has 0 aliphatic carbocycles. The molecule has 4 heteroatoms. The van der Waals surface area contributed by atoms with Gasteiger partial charge in [0.15, 0.2) is 0 Å². The van der Waals surface area contributed by atoms with Crippen LogP contribution in [0.25, 0.3) is 11.5 Å². The molecule has 20 heavy (non-hydrogen) atoms. The maximum atomic E-state index is 11.6. The number of nitrogens with zero attached hydrogens (tertiary/aromatic N) is 1. The van der Waals surface area contributed by atoms with Crippen LogP contribution in [0.5, 0.6) is 0 Å². The van der Waals surface area contributed by atoms with Gasteiger partial charge < -0.3 is 9.15 Å². The van der Waals surface area contributed by atoms with Crippen molar-refractivity contribution < 1.29 is 13.9 Å². The van der Waals surface area contributed by atoms with Crippen LogP contribution in [0.2, 0.25) is 0 Å². The lowest BCUT2D eigenvalue weighted by Gasteiger charge is -2.00. The van der Waals surface area contributed by atoms with Crippen molar-refractivity contribution in [3.05, 3.63) is 41.8 Å². The Labute approximate surface area is 118 Å². The number of aromatic nitrogens is 1. The zero-order valence-corrected chi connectivity index (χ0v) is 11.9. The van der Waals surface area contributed by atoms with Crippen molar-refractivity contribution in [1.82, 2.24) is 4.98 Å². The number of carbonyl (C=O) groups is 1. The van der Waals surface area contributed by atoms with Crippen molar-refractivity contribution in [3.8, 4) is 11.5 Å². The van der Waals surface area contributed by atoms with Gasteiger partial charge in [-0.1, -0.05) is 25.1 Å². The van der Waals surface area contributed by atoms with Crippen LogP contribution in [0, 0.1) is 0 Å². The fraction of sp³-hybridized carbons (Fsp3) is 0.375. The second-order valence-electron chi connectivity index (χ2n) is 4.49. The molecule has 0 spiro atoms. The summed E-state index contributed by atoms with van der Waals surface area (Å²) in [6.07, 6.45) is 1.88. The molecule has 2 rings (SSSR count). The topological polar surface area (TPSA) is 52.3 Å². The Kier molecular flexibility index (Phi) is 4.93. The van der Waals surface area contributed by atoms with Gasteiger partial charge in [0.25, 0.3) is 0 Å². The highest BCUT2D eigenvalue weighted by Crippen LogP contribution is 2.23. The minimum atomic E-state index is -0.266. The maximum absolute atomic E-state index is 11.6. The number of rotatable bonds is 6. The third kappa shape index (κ3) is 3.47. The summed E-state index contributed by atoms with van der Waals surface area (Å²) < 4.78 is 10.8. The van der Waals surface area contributed by atoms with Gasteiger partial charge >= 0.3 is 5.97 Å². The van der Waals surface area contributed by atoms with E-state index in [9.17, 15) is 4.79 Å². The lowest BCUT2D eigenvalue weighted by molar-refractivity contribution is -0.142. The van der Waals surface area contributed by atoms with Crippen LogP contribution < -0.4 is 0 Å². The number of benzene rings is 1. The highest BCUT2D eigenvalue weighted by atomic mass is 16.5. The summed E-state index contributed by atoms with van der Waals surface area (Å²) in [5, 5.41) is 0. The molecule has 0 aliphatic heterocycles. The van der Waals surface area contributed by atoms with Gasteiger partial charge in [-0.2, -0.15) is 0 Å². The Morgan fingerprint density at radius 1 is 1.25 bits per heavy atom. The molecule has 106 valence electrons. The number of carbonyl (C=O) groups excluding carboxylic acids is 1. The fourth-order valence-corrected chi connectivity index (χ4v) is 2.00. The molecule has 1 heterocycles. The Hall–Kier alpha value is -2.10. The van der Waals surface area contributed by atoms with E-state index in [1.807, 2.05) is 30.3 Å². The number of oxazole rings is 1. The van der Waals surface area contributed by atoms with E-state index in [1.54, 1.807) is 6.92 Å². The first kappa shape index (κ1) is 14.3. The monoisotopic (exact) mass is 273 g/mol. The largest absolute Gasteiger partial charge is 0.466 e. The van der Waals surface area contributed by atoms with Gasteiger partial charge in [0, 0.05) is 12.0 Å². The van der Waals surface area contributed by atoms with Crippen LogP contribution in [0.1, 0.15) is 31.7 Å². The molecule has 0 unspecified atom stereocenters. The van der Waals surface area contributed by atoms with Gasteiger partial charge in [0.1, 0.15) is 5.76 Å². The lowest BCUT2D eigenvalue weighted by Crippen LogP contribution is -2.09. The zero-order valence-electron chi connectivity index (χ0n) is 11.9. The highest BCUT2D eigenvalue weighted by molar-refractivity contribution is 5.72. The standard InChI is InChI=1S/C16H19NO3/c1-3-8-14-13(11-15(18)19-4-2)17-16(20-14)12-9-6-5-7-10-12/h5-7,9-10H,3-4,8,11H2,1-2H3. The molecule has 1 aromatic heterocycles. The first-order valence-electron chi connectivity index (χ1n) is 6.94. The molecule has 0 saturated heterocycles. The van der Waals surface area contributed by atoms with Crippen molar-refractivity contribution in [2.75, 3.05) is 6.61 Å². The normalized spacial score (nSPS) is 10.5. The van der Waals surface area contributed by atoms with E-state index in [0.29, 0.717) is 18.2 Å². The number of hydrogen-bond acceptors (Lipinski definition) is 4. The van der Waals surface area contributed by atoms with Gasteiger partial charge in [0.05, 0.1) is 18.7 Å². The van der Waals surface area contributed by atoms with E-state index in [2.05, 4.69) is 11.9 Å².